The third-order valence-electron chi connectivity index (χ3n) is 2.91. The van der Waals surface area contributed by atoms with E-state index in [1.54, 1.807) is 0 Å². The lowest BCUT2D eigenvalue weighted by atomic mass is 10.1. The molecule has 21 heavy (non-hydrogen) atoms. The van der Waals surface area contributed by atoms with E-state index in [2.05, 4.69) is 4.74 Å². The minimum absolute atomic E-state index is 0.0773. The molecule has 0 unspecified atom stereocenters. The van der Waals surface area contributed by atoms with Crippen LogP contribution in [0.25, 0.3) is 0 Å². The Morgan fingerprint density at radius 3 is 2.52 bits per heavy atom. The Morgan fingerprint density at radius 2 is 1.95 bits per heavy atom. The van der Waals surface area contributed by atoms with Crippen LogP contribution in [0, 0.1) is 0 Å². The minimum Gasteiger partial charge on any atom is -0.459 e. The van der Waals surface area contributed by atoms with Crippen molar-refractivity contribution in [3.63, 3.8) is 0 Å². The van der Waals surface area contributed by atoms with Crippen molar-refractivity contribution in [2.24, 2.45) is 0 Å². The summed E-state index contributed by atoms with van der Waals surface area (Å²) in [6.07, 6.45) is -3.90. The summed E-state index contributed by atoms with van der Waals surface area (Å²) in [6.45, 7) is 1.02. The summed E-state index contributed by atoms with van der Waals surface area (Å²) in [5.74, 6) is -1.18. The Hall–Kier alpha value is -1.96. The average molecular weight is 305 g/mol. The van der Waals surface area contributed by atoms with Crippen LogP contribution in [0.3, 0.4) is 0 Å². The third kappa shape index (κ3) is 4.52. The number of esters is 1. The van der Waals surface area contributed by atoms with Gasteiger partial charge >= 0.3 is 12.3 Å². The van der Waals surface area contributed by atoms with E-state index >= 15 is 0 Å². The van der Waals surface area contributed by atoms with Gasteiger partial charge in [-0.1, -0.05) is 0 Å². The molecular formula is C13H14F3NO4. The Morgan fingerprint density at radius 1 is 1.29 bits per heavy atom. The number of alkyl halides is 3. The van der Waals surface area contributed by atoms with E-state index in [0.717, 1.165) is 12.1 Å². The molecule has 5 nitrogen and oxygen atoms in total. The summed E-state index contributed by atoms with van der Waals surface area (Å²) in [7, 11) is 0. The maximum atomic E-state index is 12.1. The summed E-state index contributed by atoms with van der Waals surface area (Å²) in [4.78, 5) is 11.9. The molecule has 1 aromatic rings. The Bertz CT molecular complexity index is 513. The van der Waals surface area contributed by atoms with Crippen molar-refractivity contribution in [2.45, 2.75) is 25.3 Å². The van der Waals surface area contributed by atoms with Crippen LogP contribution in [-0.4, -0.2) is 31.6 Å². The summed E-state index contributed by atoms with van der Waals surface area (Å²) in [6, 6.07) is 3.27. The van der Waals surface area contributed by atoms with Crippen molar-refractivity contribution in [1.29, 1.82) is 0 Å². The van der Waals surface area contributed by atoms with Gasteiger partial charge in [-0.25, -0.2) is 4.79 Å². The molecule has 0 spiro atoms. The molecule has 1 saturated heterocycles. The average Bonchev–Trinajstić information content (AvgIpc) is 2.40. The monoisotopic (exact) mass is 305 g/mol. The number of rotatable bonds is 3. The van der Waals surface area contributed by atoms with E-state index in [-0.39, 0.29) is 17.4 Å². The van der Waals surface area contributed by atoms with Crippen molar-refractivity contribution < 1.29 is 32.2 Å². The lowest BCUT2D eigenvalue weighted by Crippen LogP contribution is -2.26. The number of carbonyl (C=O) groups is 1. The molecule has 1 fully saturated rings. The van der Waals surface area contributed by atoms with Gasteiger partial charge in [-0.3, -0.25) is 0 Å². The fourth-order valence-corrected chi connectivity index (χ4v) is 1.91. The van der Waals surface area contributed by atoms with E-state index in [4.69, 9.17) is 15.2 Å². The lowest BCUT2D eigenvalue weighted by Gasteiger charge is -2.22. The molecule has 0 aromatic heterocycles. The molecule has 1 aromatic carbocycles. The normalized spacial score (nSPS) is 16.5. The van der Waals surface area contributed by atoms with Gasteiger partial charge in [0.25, 0.3) is 0 Å². The van der Waals surface area contributed by atoms with Gasteiger partial charge in [0.1, 0.15) is 6.10 Å². The third-order valence-corrected chi connectivity index (χ3v) is 2.91. The first-order valence-electron chi connectivity index (χ1n) is 6.29. The molecule has 0 radical (unpaired) electrons. The van der Waals surface area contributed by atoms with Crippen LogP contribution in [0.15, 0.2) is 18.2 Å². The SMILES string of the molecule is Nc1cc(C(=O)OC2CCOCC2)ccc1OC(F)(F)F. The maximum absolute atomic E-state index is 12.1. The van der Waals surface area contributed by atoms with Gasteiger partial charge in [0.15, 0.2) is 5.75 Å². The number of benzene rings is 1. The number of nitrogen functional groups attached to an aromatic ring is 1. The van der Waals surface area contributed by atoms with Gasteiger partial charge in [0.2, 0.25) is 0 Å². The first kappa shape index (κ1) is 15.4. The smallest absolute Gasteiger partial charge is 0.459 e. The largest absolute Gasteiger partial charge is 0.573 e. The summed E-state index contributed by atoms with van der Waals surface area (Å²) in [5, 5.41) is 0. The number of ether oxygens (including phenoxy) is 3. The quantitative estimate of drug-likeness (QED) is 0.686. The number of nitrogens with two attached hydrogens (primary N) is 1. The molecule has 2 N–H and O–H groups in total. The number of anilines is 1. The maximum Gasteiger partial charge on any atom is 0.573 e. The summed E-state index contributed by atoms with van der Waals surface area (Å²) < 4.78 is 50.4. The van der Waals surface area contributed by atoms with Gasteiger partial charge in [-0.05, 0) is 18.2 Å². The van der Waals surface area contributed by atoms with E-state index in [0.29, 0.717) is 26.1 Å². The minimum atomic E-state index is -4.84. The molecule has 1 aliphatic rings. The van der Waals surface area contributed by atoms with Crippen LogP contribution in [0.2, 0.25) is 0 Å². The van der Waals surface area contributed by atoms with Crippen LogP contribution in [-0.2, 0) is 9.47 Å². The van der Waals surface area contributed by atoms with Crippen LogP contribution >= 0.6 is 0 Å². The predicted molar refractivity (Wildman–Crippen MR) is 66.8 cm³/mol. The molecule has 1 heterocycles. The van der Waals surface area contributed by atoms with Gasteiger partial charge in [0.05, 0.1) is 24.5 Å². The molecule has 0 atom stereocenters. The second kappa shape index (κ2) is 6.21. The van der Waals surface area contributed by atoms with Crippen molar-refractivity contribution >= 4 is 11.7 Å². The van der Waals surface area contributed by atoms with Crippen molar-refractivity contribution in [3.8, 4) is 5.75 Å². The summed E-state index contributed by atoms with van der Waals surface area (Å²) >= 11 is 0. The standard InChI is InChI=1S/C13H14F3NO4/c14-13(15,16)21-11-2-1-8(7-10(11)17)12(18)20-9-3-5-19-6-4-9/h1-2,7,9H,3-6,17H2. The molecule has 8 heteroatoms. The second-order valence-corrected chi connectivity index (χ2v) is 4.52. The molecule has 2 rings (SSSR count). The topological polar surface area (TPSA) is 70.8 Å². The van der Waals surface area contributed by atoms with E-state index in [1.165, 1.54) is 6.07 Å². The molecule has 0 bridgehead atoms. The fourth-order valence-electron chi connectivity index (χ4n) is 1.91. The molecule has 1 aliphatic heterocycles. The molecule has 0 amide bonds. The number of hydrogen-bond donors (Lipinski definition) is 1. The van der Waals surface area contributed by atoms with Crippen LogP contribution in [0.4, 0.5) is 18.9 Å². The van der Waals surface area contributed by atoms with Gasteiger partial charge in [-0.15, -0.1) is 13.2 Å². The van der Waals surface area contributed by atoms with Crippen LogP contribution in [0.5, 0.6) is 5.75 Å². The van der Waals surface area contributed by atoms with Crippen molar-refractivity contribution in [3.05, 3.63) is 23.8 Å². The van der Waals surface area contributed by atoms with Gasteiger partial charge in [0, 0.05) is 12.8 Å². The first-order chi connectivity index (χ1) is 9.85. The summed E-state index contributed by atoms with van der Waals surface area (Å²) in [5.41, 5.74) is 5.24. The Balaban J connectivity index is 2.03. The highest BCUT2D eigenvalue weighted by Gasteiger charge is 2.32. The van der Waals surface area contributed by atoms with E-state index in [9.17, 15) is 18.0 Å². The zero-order chi connectivity index (χ0) is 15.5. The molecule has 116 valence electrons. The molecule has 0 aliphatic carbocycles. The van der Waals surface area contributed by atoms with E-state index < -0.39 is 18.1 Å². The Labute approximate surface area is 118 Å². The van der Waals surface area contributed by atoms with Gasteiger partial charge < -0.3 is 19.9 Å². The lowest BCUT2D eigenvalue weighted by molar-refractivity contribution is -0.274. The van der Waals surface area contributed by atoms with Crippen molar-refractivity contribution in [1.82, 2.24) is 0 Å². The van der Waals surface area contributed by atoms with Crippen LogP contribution in [0.1, 0.15) is 23.2 Å². The number of halogens is 3. The van der Waals surface area contributed by atoms with Crippen molar-refractivity contribution in [2.75, 3.05) is 18.9 Å². The van der Waals surface area contributed by atoms with Crippen LogP contribution < -0.4 is 10.5 Å². The Kier molecular flexibility index (Phi) is 4.56. The highest BCUT2D eigenvalue weighted by Crippen LogP contribution is 2.29. The zero-order valence-electron chi connectivity index (χ0n) is 11.0. The zero-order valence-corrected chi connectivity index (χ0v) is 11.0. The first-order valence-corrected chi connectivity index (χ1v) is 6.29. The number of hydrogen-bond acceptors (Lipinski definition) is 5. The van der Waals surface area contributed by atoms with Gasteiger partial charge in [-0.2, -0.15) is 0 Å². The predicted octanol–water partition coefficient (Wildman–Crippen LogP) is 2.50. The second-order valence-electron chi connectivity index (χ2n) is 4.52. The molecular weight excluding hydrogens is 291 g/mol. The molecule has 0 saturated carbocycles. The highest BCUT2D eigenvalue weighted by atomic mass is 19.4. The number of carbonyl (C=O) groups excluding carboxylic acids is 1. The van der Waals surface area contributed by atoms with E-state index in [1.807, 2.05) is 0 Å². The fraction of sp³-hybridized carbons (Fsp3) is 0.462. The highest BCUT2D eigenvalue weighted by molar-refractivity contribution is 5.91.